The van der Waals surface area contributed by atoms with Crippen LogP contribution in [0.3, 0.4) is 0 Å². The van der Waals surface area contributed by atoms with Crippen LogP contribution in [0.2, 0.25) is 0 Å². The molecule has 0 aliphatic rings. The fourth-order valence-corrected chi connectivity index (χ4v) is 5.48. The maximum atomic E-state index is 3.62. The second-order valence-electron chi connectivity index (χ2n) is 13.3. The summed E-state index contributed by atoms with van der Waals surface area (Å²) in [5, 5.41) is 14.3. The lowest BCUT2D eigenvalue weighted by Gasteiger charge is -2.24. The van der Waals surface area contributed by atoms with E-state index in [2.05, 4.69) is 172 Å². The van der Waals surface area contributed by atoms with Gasteiger partial charge in [0.15, 0.2) is 0 Å². The van der Waals surface area contributed by atoms with E-state index in [1.165, 1.54) is 48.4 Å². The van der Waals surface area contributed by atoms with Crippen molar-refractivity contribution >= 4 is 45.5 Å². The van der Waals surface area contributed by atoms with Crippen molar-refractivity contribution < 1.29 is 0 Å². The van der Waals surface area contributed by atoms with E-state index in [1.54, 1.807) is 0 Å². The van der Waals surface area contributed by atoms with Crippen molar-refractivity contribution in [3.8, 4) is 0 Å². The molecule has 0 saturated heterocycles. The minimum atomic E-state index is 0.473. The second kappa shape index (κ2) is 16.8. The summed E-state index contributed by atoms with van der Waals surface area (Å²) in [6.07, 6.45) is 4.86. The SMILES string of the molecule is CCN(c1ccc(Nc2ccc(NC(C)CCC(C)C)cc2)cc1)c1ccc(Nc2ccc(NC(C)CCC(C)C)cc2)cc1. The van der Waals surface area contributed by atoms with Crippen LogP contribution in [-0.4, -0.2) is 18.6 Å². The van der Waals surface area contributed by atoms with E-state index >= 15 is 0 Å². The van der Waals surface area contributed by atoms with E-state index in [9.17, 15) is 0 Å². The molecule has 0 heterocycles. The third-order valence-corrected chi connectivity index (χ3v) is 8.20. The molecule has 0 spiro atoms. The van der Waals surface area contributed by atoms with Crippen LogP contribution < -0.4 is 26.2 Å². The van der Waals surface area contributed by atoms with Crippen molar-refractivity contribution in [1.82, 2.24) is 0 Å². The Kier molecular flexibility index (Phi) is 12.6. The number of nitrogens with zero attached hydrogens (tertiary/aromatic N) is 1. The van der Waals surface area contributed by atoms with Gasteiger partial charge in [-0.2, -0.15) is 0 Å². The van der Waals surface area contributed by atoms with Crippen molar-refractivity contribution in [2.75, 3.05) is 32.7 Å². The van der Waals surface area contributed by atoms with E-state index in [-0.39, 0.29) is 0 Å². The summed E-state index contributed by atoms with van der Waals surface area (Å²) in [5.41, 5.74) is 8.99. The average molecular weight is 606 g/mol. The van der Waals surface area contributed by atoms with Crippen molar-refractivity contribution in [3.63, 3.8) is 0 Å². The van der Waals surface area contributed by atoms with Gasteiger partial charge in [-0.3, -0.25) is 0 Å². The smallest absolute Gasteiger partial charge is 0.0412 e. The maximum absolute atomic E-state index is 3.62. The summed E-state index contributed by atoms with van der Waals surface area (Å²) in [7, 11) is 0. The first-order valence-electron chi connectivity index (χ1n) is 16.9. The van der Waals surface area contributed by atoms with Gasteiger partial charge in [-0.15, -0.1) is 0 Å². The molecule has 4 N–H and O–H groups in total. The van der Waals surface area contributed by atoms with Gasteiger partial charge in [-0.25, -0.2) is 0 Å². The van der Waals surface area contributed by atoms with Crippen LogP contribution in [0.5, 0.6) is 0 Å². The fraction of sp³-hybridized carbons (Fsp3) is 0.400. The fourth-order valence-electron chi connectivity index (χ4n) is 5.48. The van der Waals surface area contributed by atoms with Gasteiger partial charge in [0, 0.05) is 64.1 Å². The molecule has 0 saturated carbocycles. The van der Waals surface area contributed by atoms with Crippen LogP contribution in [0, 0.1) is 11.8 Å². The lowest BCUT2D eigenvalue weighted by atomic mass is 10.0. The van der Waals surface area contributed by atoms with Gasteiger partial charge >= 0.3 is 0 Å². The Morgan fingerprint density at radius 1 is 0.422 bits per heavy atom. The predicted octanol–water partition coefficient (Wildman–Crippen LogP) is 11.8. The lowest BCUT2D eigenvalue weighted by Crippen LogP contribution is -2.16. The zero-order valence-electron chi connectivity index (χ0n) is 28.5. The monoisotopic (exact) mass is 605 g/mol. The normalized spacial score (nSPS) is 12.6. The zero-order valence-corrected chi connectivity index (χ0v) is 28.5. The molecule has 240 valence electrons. The van der Waals surface area contributed by atoms with Crippen LogP contribution in [0.1, 0.15) is 74.1 Å². The molecule has 0 aliphatic heterocycles. The standard InChI is InChI=1S/C40H55N5/c1-8-45(39-25-21-37(22-26-39)43-35-17-13-33(14-18-35)41-31(6)11-9-29(2)3)40-27-23-38(24-28-40)44-36-19-15-34(16-20-36)42-32(7)12-10-30(4)5/h13-32,41-44H,8-12H2,1-7H3. The zero-order chi connectivity index (χ0) is 32.2. The number of hydrogen-bond donors (Lipinski definition) is 4. The van der Waals surface area contributed by atoms with Crippen LogP contribution in [0.4, 0.5) is 45.5 Å². The Hall–Kier alpha value is -4.12. The number of hydrogen-bond acceptors (Lipinski definition) is 5. The molecule has 0 amide bonds. The quantitative estimate of drug-likeness (QED) is 0.0964. The highest BCUT2D eigenvalue weighted by molar-refractivity contribution is 5.71. The molecule has 4 rings (SSSR count). The van der Waals surface area contributed by atoms with Crippen molar-refractivity contribution in [2.45, 2.75) is 86.2 Å². The van der Waals surface area contributed by atoms with Crippen LogP contribution in [0.15, 0.2) is 97.1 Å². The molecular formula is C40H55N5. The molecule has 0 fully saturated rings. The minimum Gasteiger partial charge on any atom is -0.383 e. The first-order chi connectivity index (χ1) is 21.7. The summed E-state index contributed by atoms with van der Waals surface area (Å²) >= 11 is 0. The van der Waals surface area contributed by atoms with E-state index in [0.717, 1.165) is 41.1 Å². The molecule has 2 atom stereocenters. The molecule has 5 nitrogen and oxygen atoms in total. The lowest BCUT2D eigenvalue weighted by molar-refractivity contribution is 0.528. The van der Waals surface area contributed by atoms with Gasteiger partial charge < -0.3 is 26.2 Å². The van der Waals surface area contributed by atoms with Crippen molar-refractivity contribution in [1.29, 1.82) is 0 Å². The highest BCUT2D eigenvalue weighted by atomic mass is 15.1. The summed E-state index contributed by atoms with van der Waals surface area (Å²) < 4.78 is 0. The van der Waals surface area contributed by atoms with Gasteiger partial charge in [0.05, 0.1) is 0 Å². The van der Waals surface area contributed by atoms with Gasteiger partial charge in [0.2, 0.25) is 0 Å². The summed E-state index contributed by atoms with van der Waals surface area (Å²) in [6, 6.07) is 35.5. The third-order valence-electron chi connectivity index (χ3n) is 8.20. The van der Waals surface area contributed by atoms with Crippen LogP contribution in [-0.2, 0) is 0 Å². The Balaban J connectivity index is 1.29. The molecule has 2 unspecified atom stereocenters. The molecule has 0 aliphatic carbocycles. The molecule has 0 bridgehead atoms. The highest BCUT2D eigenvalue weighted by Gasteiger charge is 2.09. The average Bonchev–Trinajstić information content (AvgIpc) is 3.03. The number of benzene rings is 4. The van der Waals surface area contributed by atoms with Crippen LogP contribution in [0.25, 0.3) is 0 Å². The Morgan fingerprint density at radius 3 is 1.00 bits per heavy atom. The molecule has 0 aromatic heterocycles. The van der Waals surface area contributed by atoms with E-state index < -0.39 is 0 Å². The molecule has 0 radical (unpaired) electrons. The van der Waals surface area contributed by atoms with Crippen molar-refractivity contribution in [3.05, 3.63) is 97.1 Å². The van der Waals surface area contributed by atoms with Crippen molar-refractivity contribution in [2.24, 2.45) is 11.8 Å². The van der Waals surface area contributed by atoms with Gasteiger partial charge in [-0.1, -0.05) is 27.7 Å². The topological polar surface area (TPSA) is 51.4 Å². The molecule has 4 aromatic rings. The summed E-state index contributed by atoms with van der Waals surface area (Å²) in [6.45, 7) is 16.7. The maximum Gasteiger partial charge on any atom is 0.0412 e. The molecule has 45 heavy (non-hydrogen) atoms. The Bertz CT molecular complexity index is 1280. The number of rotatable bonds is 17. The minimum absolute atomic E-state index is 0.473. The second-order valence-corrected chi connectivity index (χ2v) is 13.3. The van der Waals surface area contributed by atoms with E-state index in [4.69, 9.17) is 0 Å². The van der Waals surface area contributed by atoms with Crippen LogP contribution >= 0.6 is 0 Å². The summed E-state index contributed by atoms with van der Waals surface area (Å²) in [4.78, 5) is 2.33. The van der Waals surface area contributed by atoms with E-state index in [1.807, 2.05) is 0 Å². The Morgan fingerprint density at radius 2 is 0.711 bits per heavy atom. The molecule has 4 aromatic carbocycles. The first-order valence-corrected chi connectivity index (χ1v) is 16.9. The van der Waals surface area contributed by atoms with E-state index in [0.29, 0.717) is 12.1 Å². The number of anilines is 8. The van der Waals surface area contributed by atoms with Gasteiger partial charge in [0.25, 0.3) is 0 Å². The predicted molar refractivity (Wildman–Crippen MR) is 199 cm³/mol. The largest absolute Gasteiger partial charge is 0.383 e. The third kappa shape index (κ3) is 11.1. The number of nitrogens with one attached hydrogen (secondary N) is 4. The Labute approximate surface area is 272 Å². The molecule has 5 heteroatoms. The molecular weight excluding hydrogens is 550 g/mol. The van der Waals surface area contributed by atoms with Gasteiger partial charge in [-0.05, 0) is 155 Å². The first kappa shape index (κ1) is 33.8. The van der Waals surface area contributed by atoms with Gasteiger partial charge in [0.1, 0.15) is 0 Å². The summed E-state index contributed by atoms with van der Waals surface area (Å²) in [5.74, 6) is 1.48. The highest BCUT2D eigenvalue weighted by Crippen LogP contribution is 2.30.